The standard InChI is InChI=1S/C11H9ClN4O2/c12-7-4-8(6-14-5-7)18-10-3-1-2-9(15-10)11(13)16-17/h1-6,17H,(H2,13,16). The van der Waals surface area contributed by atoms with Crippen LogP contribution in [0, 0.1) is 0 Å². The third kappa shape index (κ3) is 2.86. The lowest BCUT2D eigenvalue weighted by atomic mass is 10.3. The average Bonchev–Trinajstić information content (AvgIpc) is 2.38. The minimum Gasteiger partial charge on any atom is -0.437 e. The Labute approximate surface area is 108 Å². The first-order chi connectivity index (χ1) is 8.69. The molecule has 18 heavy (non-hydrogen) atoms. The molecule has 0 aliphatic rings. The van der Waals surface area contributed by atoms with Crippen LogP contribution in [0.25, 0.3) is 0 Å². The van der Waals surface area contributed by atoms with Gasteiger partial charge in [-0.05, 0) is 6.07 Å². The second kappa shape index (κ2) is 5.33. The first kappa shape index (κ1) is 12.1. The summed E-state index contributed by atoms with van der Waals surface area (Å²) in [4.78, 5) is 7.94. The van der Waals surface area contributed by atoms with Gasteiger partial charge in [0.2, 0.25) is 5.88 Å². The summed E-state index contributed by atoms with van der Waals surface area (Å²) in [6, 6.07) is 6.51. The predicted molar refractivity (Wildman–Crippen MR) is 66.1 cm³/mol. The van der Waals surface area contributed by atoms with Gasteiger partial charge >= 0.3 is 0 Å². The number of halogens is 1. The van der Waals surface area contributed by atoms with Gasteiger partial charge < -0.3 is 15.7 Å². The van der Waals surface area contributed by atoms with Gasteiger partial charge in [-0.25, -0.2) is 4.98 Å². The molecule has 0 saturated carbocycles. The molecule has 0 aromatic carbocycles. The lowest BCUT2D eigenvalue weighted by Crippen LogP contribution is -2.14. The molecule has 0 saturated heterocycles. The fourth-order valence-electron chi connectivity index (χ4n) is 1.23. The number of nitrogens with zero attached hydrogens (tertiary/aromatic N) is 3. The van der Waals surface area contributed by atoms with Gasteiger partial charge in [0.25, 0.3) is 0 Å². The molecule has 0 amide bonds. The average molecular weight is 265 g/mol. The summed E-state index contributed by atoms with van der Waals surface area (Å²) < 4.78 is 5.44. The van der Waals surface area contributed by atoms with Gasteiger partial charge in [-0.1, -0.05) is 22.8 Å². The Kier molecular flexibility index (Phi) is 3.59. The van der Waals surface area contributed by atoms with Crippen LogP contribution >= 0.6 is 11.6 Å². The summed E-state index contributed by atoms with van der Waals surface area (Å²) in [6.07, 6.45) is 3.00. The highest BCUT2D eigenvalue weighted by molar-refractivity contribution is 6.30. The number of ether oxygens (including phenoxy) is 1. The van der Waals surface area contributed by atoms with Crippen molar-refractivity contribution in [1.82, 2.24) is 9.97 Å². The number of pyridine rings is 2. The van der Waals surface area contributed by atoms with Crippen molar-refractivity contribution in [2.24, 2.45) is 10.9 Å². The van der Waals surface area contributed by atoms with E-state index in [1.54, 1.807) is 24.3 Å². The molecule has 2 aromatic heterocycles. The third-order valence-electron chi connectivity index (χ3n) is 2.00. The highest BCUT2D eigenvalue weighted by Gasteiger charge is 2.04. The Morgan fingerprint density at radius 2 is 2.22 bits per heavy atom. The molecule has 6 nitrogen and oxygen atoms in total. The van der Waals surface area contributed by atoms with Gasteiger partial charge in [0.05, 0.1) is 11.2 Å². The van der Waals surface area contributed by atoms with Gasteiger partial charge in [0, 0.05) is 18.3 Å². The lowest BCUT2D eigenvalue weighted by Gasteiger charge is -2.05. The van der Waals surface area contributed by atoms with Crippen molar-refractivity contribution < 1.29 is 9.94 Å². The van der Waals surface area contributed by atoms with Gasteiger partial charge in [0.15, 0.2) is 5.84 Å². The second-order valence-electron chi connectivity index (χ2n) is 3.29. The van der Waals surface area contributed by atoms with Crippen LogP contribution in [0.5, 0.6) is 11.6 Å². The van der Waals surface area contributed by atoms with Crippen molar-refractivity contribution in [2.45, 2.75) is 0 Å². The smallest absolute Gasteiger partial charge is 0.219 e. The van der Waals surface area contributed by atoms with Crippen molar-refractivity contribution in [3.8, 4) is 11.6 Å². The van der Waals surface area contributed by atoms with E-state index in [1.165, 1.54) is 12.4 Å². The number of nitrogens with two attached hydrogens (primary N) is 1. The topological polar surface area (TPSA) is 93.6 Å². The van der Waals surface area contributed by atoms with Crippen molar-refractivity contribution >= 4 is 17.4 Å². The van der Waals surface area contributed by atoms with Gasteiger partial charge in [0.1, 0.15) is 11.4 Å². The van der Waals surface area contributed by atoms with Crippen LogP contribution < -0.4 is 10.5 Å². The van der Waals surface area contributed by atoms with Crippen LogP contribution in [0.1, 0.15) is 5.69 Å². The molecule has 0 aliphatic heterocycles. The molecule has 0 aliphatic carbocycles. The van der Waals surface area contributed by atoms with Crippen LogP contribution in [0.2, 0.25) is 5.02 Å². The summed E-state index contributed by atoms with van der Waals surface area (Å²) in [5, 5.41) is 11.9. The fourth-order valence-corrected chi connectivity index (χ4v) is 1.40. The summed E-state index contributed by atoms with van der Waals surface area (Å²) >= 11 is 5.78. The monoisotopic (exact) mass is 264 g/mol. The van der Waals surface area contributed by atoms with E-state index in [0.717, 1.165) is 0 Å². The van der Waals surface area contributed by atoms with E-state index in [4.69, 9.17) is 27.3 Å². The predicted octanol–water partition coefficient (Wildman–Crippen LogP) is 2.02. The quantitative estimate of drug-likeness (QED) is 0.383. The Morgan fingerprint density at radius 3 is 2.94 bits per heavy atom. The van der Waals surface area contributed by atoms with E-state index < -0.39 is 0 Å². The van der Waals surface area contributed by atoms with E-state index >= 15 is 0 Å². The Balaban J connectivity index is 2.24. The number of oxime groups is 1. The van der Waals surface area contributed by atoms with Crippen LogP contribution in [0.15, 0.2) is 41.8 Å². The normalized spacial score (nSPS) is 11.3. The van der Waals surface area contributed by atoms with E-state index in [9.17, 15) is 0 Å². The molecule has 0 fully saturated rings. The van der Waals surface area contributed by atoms with Crippen molar-refractivity contribution in [3.05, 3.63) is 47.4 Å². The van der Waals surface area contributed by atoms with Crippen LogP contribution in [0.4, 0.5) is 0 Å². The zero-order chi connectivity index (χ0) is 13.0. The van der Waals surface area contributed by atoms with E-state index in [1.807, 2.05) is 0 Å². The molecule has 0 unspecified atom stereocenters. The number of hydrogen-bond acceptors (Lipinski definition) is 5. The zero-order valence-corrected chi connectivity index (χ0v) is 9.87. The minimum absolute atomic E-state index is 0.0929. The highest BCUT2D eigenvalue weighted by atomic mass is 35.5. The molecular formula is C11H9ClN4O2. The molecule has 0 atom stereocenters. The SMILES string of the molecule is NC(=NO)c1cccc(Oc2cncc(Cl)c2)n1. The maximum atomic E-state index is 8.56. The third-order valence-corrected chi connectivity index (χ3v) is 2.20. The van der Waals surface area contributed by atoms with E-state index in [-0.39, 0.29) is 5.84 Å². The zero-order valence-electron chi connectivity index (χ0n) is 9.12. The Bertz CT molecular complexity index is 589. The first-order valence-electron chi connectivity index (χ1n) is 4.92. The van der Waals surface area contributed by atoms with Gasteiger partial charge in [-0.3, -0.25) is 4.98 Å². The summed E-state index contributed by atoms with van der Waals surface area (Å²) in [5.74, 6) is 0.652. The number of amidine groups is 1. The lowest BCUT2D eigenvalue weighted by molar-refractivity contribution is 0.318. The Morgan fingerprint density at radius 1 is 1.39 bits per heavy atom. The van der Waals surface area contributed by atoms with Crippen molar-refractivity contribution in [1.29, 1.82) is 0 Å². The molecule has 2 rings (SSSR count). The van der Waals surface area contributed by atoms with Crippen molar-refractivity contribution in [2.75, 3.05) is 0 Å². The maximum Gasteiger partial charge on any atom is 0.219 e. The largest absolute Gasteiger partial charge is 0.437 e. The molecule has 0 radical (unpaired) electrons. The molecule has 3 N–H and O–H groups in total. The highest BCUT2D eigenvalue weighted by Crippen LogP contribution is 2.21. The summed E-state index contributed by atoms with van der Waals surface area (Å²) in [6.45, 7) is 0. The van der Waals surface area contributed by atoms with Gasteiger partial charge in [-0.15, -0.1) is 0 Å². The number of aromatic nitrogens is 2. The maximum absolute atomic E-state index is 8.56. The number of rotatable bonds is 3. The van der Waals surface area contributed by atoms with Crippen LogP contribution in [-0.2, 0) is 0 Å². The summed E-state index contributed by atoms with van der Waals surface area (Å²) in [5.41, 5.74) is 5.74. The molecule has 0 bridgehead atoms. The minimum atomic E-state index is -0.0929. The van der Waals surface area contributed by atoms with Crippen molar-refractivity contribution in [3.63, 3.8) is 0 Å². The molecule has 7 heteroatoms. The first-order valence-corrected chi connectivity index (χ1v) is 5.30. The fraction of sp³-hybridized carbons (Fsp3) is 0. The molecule has 2 aromatic rings. The number of hydrogen-bond donors (Lipinski definition) is 2. The Hall–Kier alpha value is -2.34. The molecule has 0 spiro atoms. The van der Waals surface area contributed by atoms with E-state index in [2.05, 4.69) is 15.1 Å². The molecule has 2 heterocycles. The molecular weight excluding hydrogens is 256 g/mol. The molecule has 92 valence electrons. The summed E-state index contributed by atoms with van der Waals surface area (Å²) in [7, 11) is 0. The van der Waals surface area contributed by atoms with Crippen LogP contribution in [0.3, 0.4) is 0 Å². The van der Waals surface area contributed by atoms with Gasteiger partial charge in [-0.2, -0.15) is 0 Å². The second-order valence-corrected chi connectivity index (χ2v) is 3.72. The van der Waals surface area contributed by atoms with Crippen LogP contribution in [-0.4, -0.2) is 21.0 Å². The van der Waals surface area contributed by atoms with E-state index in [0.29, 0.717) is 22.3 Å².